The molecule has 2 aromatic heterocycles. The van der Waals surface area contributed by atoms with E-state index < -0.39 is 6.04 Å². The van der Waals surface area contributed by atoms with Crippen LogP contribution in [0.15, 0.2) is 77.5 Å². The van der Waals surface area contributed by atoms with Crippen LogP contribution >= 0.6 is 11.3 Å². The van der Waals surface area contributed by atoms with Gasteiger partial charge in [0.1, 0.15) is 5.75 Å². The van der Waals surface area contributed by atoms with Crippen LogP contribution in [0, 0.1) is 0 Å². The van der Waals surface area contributed by atoms with Gasteiger partial charge in [-0.05, 0) is 54.1 Å². The third-order valence-corrected chi connectivity index (χ3v) is 6.17. The van der Waals surface area contributed by atoms with Crippen LogP contribution in [0.3, 0.4) is 0 Å². The molecule has 31 heavy (non-hydrogen) atoms. The van der Waals surface area contributed by atoms with Gasteiger partial charge in [0, 0.05) is 30.1 Å². The van der Waals surface area contributed by atoms with Gasteiger partial charge in [0.25, 0.3) is 5.91 Å². The largest absolute Gasteiger partial charge is 0.494 e. The number of hydrogen-bond donors (Lipinski definition) is 0. The second kappa shape index (κ2) is 9.27. The molecule has 1 unspecified atom stereocenters. The van der Waals surface area contributed by atoms with Crippen molar-refractivity contribution < 1.29 is 14.3 Å². The molecule has 0 fully saturated rings. The summed E-state index contributed by atoms with van der Waals surface area (Å²) >= 11 is 1.39. The number of benzene rings is 1. The molecule has 1 aliphatic rings. The molecule has 1 aliphatic heterocycles. The third kappa shape index (κ3) is 4.30. The van der Waals surface area contributed by atoms with Crippen molar-refractivity contribution in [2.45, 2.75) is 32.9 Å². The third-order valence-electron chi connectivity index (χ3n) is 5.30. The number of carbonyl (C=O) groups is 2. The molecule has 0 bridgehead atoms. The van der Waals surface area contributed by atoms with Crippen molar-refractivity contribution in [1.82, 2.24) is 9.88 Å². The van der Waals surface area contributed by atoms with Gasteiger partial charge in [-0.3, -0.25) is 14.6 Å². The molecule has 1 atom stereocenters. The van der Waals surface area contributed by atoms with E-state index in [1.54, 1.807) is 30.3 Å². The lowest BCUT2D eigenvalue weighted by molar-refractivity contribution is -0.127. The summed E-state index contributed by atoms with van der Waals surface area (Å²) in [5.74, 6) is 0.562. The second-order valence-electron chi connectivity index (χ2n) is 7.46. The number of Topliss-reactive ketones (excluding diaryl/α,β-unsaturated/α-hetero) is 1. The van der Waals surface area contributed by atoms with Gasteiger partial charge in [-0.25, -0.2) is 0 Å². The smallest absolute Gasteiger partial charge is 0.251 e. The minimum Gasteiger partial charge on any atom is -0.494 e. The van der Waals surface area contributed by atoms with Gasteiger partial charge in [0.05, 0.1) is 17.5 Å². The fraction of sp³-hybridized carbons (Fsp3) is 0.240. The molecular formula is C25H24N2O3S. The summed E-state index contributed by atoms with van der Waals surface area (Å²) < 4.78 is 5.70. The van der Waals surface area contributed by atoms with E-state index >= 15 is 0 Å². The molecule has 6 heteroatoms. The molecular weight excluding hydrogens is 408 g/mol. The number of carbonyl (C=O) groups excluding carboxylic acids is 2. The first-order valence-corrected chi connectivity index (χ1v) is 11.2. The fourth-order valence-electron chi connectivity index (χ4n) is 3.81. The van der Waals surface area contributed by atoms with E-state index in [1.165, 1.54) is 11.3 Å². The van der Waals surface area contributed by atoms with Crippen molar-refractivity contribution in [2.24, 2.45) is 0 Å². The number of aromatic nitrogens is 1. The quantitative estimate of drug-likeness (QED) is 0.458. The Bertz CT molecular complexity index is 1090. The molecule has 4 rings (SSSR count). The van der Waals surface area contributed by atoms with Crippen molar-refractivity contribution >= 4 is 23.0 Å². The van der Waals surface area contributed by atoms with E-state index in [1.807, 2.05) is 47.8 Å². The maximum atomic E-state index is 13.4. The SMILES string of the molecule is CCCOc1ccc(C2C(C(=O)c3cccs3)=C(C)C(=O)N2Cc2cccnc2)cc1. The second-order valence-corrected chi connectivity index (χ2v) is 8.41. The van der Waals surface area contributed by atoms with E-state index in [9.17, 15) is 9.59 Å². The molecule has 1 aromatic carbocycles. The van der Waals surface area contributed by atoms with Crippen LogP contribution in [0.1, 0.15) is 47.1 Å². The van der Waals surface area contributed by atoms with Gasteiger partial charge in [-0.1, -0.05) is 31.2 Å². The normalized spacial score (nSPS) is 16.1. The van der Waals surface area contributed by atoms with E-state index in [4.69, 9.17) is 4.74 Å². The molecule has 0 aliphatic carbocycles. The predicted molar refractivity (Wildman–Crippen MR) is 121 cm³/mol. The zero-order valence-corrected chi connectivity index (χ0v) is 18.4. The number of ketones is 1. The maximum Gasteiger partial charge on any atom is 0.251 e. The Morgan fingerprint density at radius 2 is 1.97 bits per heavy atom. The Morgan fingerprint density at radius 3 is 2.61 bits per heavy atom. The minimum atomic E-state index is -0.456. The molecule has 1 amide bonds. The van der Waals surface area contributed by atoms with Crippen molar-refractivity contribution in [3.8, 4) is 5.75 Å². The Balaban J connectivity index is 1.73. The Hall–Kier alpha value is -3.25. The van der Waals surface area contributed by atoms with Crippen molar-refractivity contribution in [3.05, 3.63) is 93.5 Å². The zero-order chi connectivity index (χ0) is 21.8. The van der Waals surface area contributed by atoms with Crippen molar-refractivity contribution in [1.29, 1.82) is 0 Å². The first kappa shape index (κ1) is 21.0. The lowest BCUT2D eigenvalue weighted by atomic mass is 9.93. The van der Waals surface area contributed by atoms with Crippen LogP contribution in [0.4, 0.5) is 0 Å². The van der Waals surface area contributed by atoms with Gasteiger partial charge >= 0.3 is 0 Å². The number of thiophene rings is 1. The number of rotatable bonds is 8. The zero-order valence-electron chi connectivity index (χ0n) is 17.6. The Labute approximate surface area is 186 Å². The van der Waals surface area contributed by atoms with Crippen LogP contribution in [-0.4, -0.2) is 28.2 Å². The highest BCUT2D eigenvalue weighted by Crippen LogP contribution is 2.41. The summed E-state index contributed by atoms with van der Waals surface area (Å²) in [6, 6.07) is 14.7. The Kier molecular flexibility index (Phi) is 6.28. The number of pyridine rings is 1. The van der Waals surface area contributed by atoms with Gasteiger partial charge in [-0.15, -0.1) is 11.3 Å². The van der Waals surface area contributed by atoms with Gasteiger partial charge in [0.2, 0.25) is 5.78 Å². The number of amides is 1. The van der Waals surface area contributed by atoms with E-state index in [2.05, 4.69) is 11.9 Å². The Morgan fingerprint density at radius 1 is 1.16 bits per heavy atom. The standard InChI is InChI=1S/C25H24N2O3S/c1-3-13-30-20-10-8-19(9-11-20)23-22(24(28)21-7-5-14-31-21)17(2)25(29)27(23)16-18-6-4-12-26-15-18/h4-12,14-15,23H,3,13,16H2,1-2H3. The minimum absolute atomic E-state index is 0.0918. The molecule has 0 spiro atoms. The average molecular weight is 433 g/mol. The van der Waals surface area contributed by atoms with Gasteiger partial charge < -0.3 is 9.64 Å². The molecule has 0 saturated heterocycles. The summed E-state index contributed by atoms with van der Waals surface area (Å²) in [4.78, 5) is 33.2. The monoisotopic (exact) mass is 432 g/mol. The first-order chi connectivity index (χ1) is 15.1. The molecule has 158 valence electrons. The van der Waals surface area contributed by atoms with E-state index in [-0.39, 0.29) is 11.7 Å². The molecule has 5 nitrogen and oxygen atoms in total. The van der Waals surface area contributed by atoms with Gasteiger partial charge in [-0.2, -0.15) is 0 Å². The summed E-state index contributed by atoms with van der Waals surface area (Å²) in [5.41, 5.74) is 2.84. The predicted octanol–water partition coefficient (Wildman–Crippen LogP) is 5.21. The number of nitrogens with zero attached hydrogens (tertiary/aromatic N) is 2. The van der Waals surface area contributed by atoms with Crippen molar-refractivity contribution in [2.75, 3.05) is 6.61 Å². The van der Waals surface area contributed by atoms with Crippen LogP contribution < -0.4 is 4.74 Å². The molecule has 3 aromatic rings. The summed E-state index contributed by atoms with van der Waals surface area (Å²) in [6.45, 7) is 4.84. The maximum absolute atomic E-state index is 13.4. The number of ether oxygens (including phenoxy) is 1. The summed E-state index contributed by atoms with van der Waals surface area (Å²) in [7, 11) is 0. The molecule has 0 N–H and O–H groups in total. The van der Waals surface area contributed by atoms with Crippen LogP contribution in [0.25, 0.3) is 0 Å². The highest BCUT2D eigenvalue weighted by molar-refractivity contribution is 7.12. The van der Waals surface area contributed by atoms with Gasteiger partial charge in [0.15, 0.2) is 0 Å². The first-order valence-electron chi connectivity index (χ1n) is 10.3. The highest BCUT2D eigenvalue weighted by Gasteiger charge is 2.41. The summed E-state index contributed by atoms with van der Waals surface area (Å²) in [5, 5.41) is 1.88. The van der Waals surface area contributed by atoms with Crippen LogP contribution in [-0.2, 0) is 11.3 Å². The lowest BCUT2D eigenvalue weighted by Crippen LogP contribution is -2.30. The van der Waals surface area contributed by atoms with E-state index in [0.29, 0.717) is 29.2 Å². The molecule has 0 radical (unpaired) electrons. The van der Waals surface area contributed by atoms with Crippen molar-refractivity contribution in [3.63, 3.8) is 0 Å². The topological polar surface area (TPSA) is 59.5 Å². The molecule has 0 saturated carbocycles. The highest BCUT2D eigenvalue weighted by atomic mass is 32.1. The van der Waals surface area contributed by atoms with E-state index in [0.717, 1.165) is 23.3 Å². The lowest BCUT2D eigenvalue weighted by Gasteiger charge is -2.27. The summed E-state index contributed by atoms with van der Waals surface area (Å²) in [6.07, 6.45) is 4.39. The van der Waals surface area contributed by atoms with Crippen LogP contribution in [0.5, 0.6) is 5.75 Å². The number of hydrogen-bond acceptors (Lipinski definition) is 5. The molecule has 3 heterocycles. The fourth-order valence-corrected chi connectivity index (χ4v) is 4.49. The average Bonchev–Trinajstić information content (AvgIpc) is 3.42. The van der Waals surface area contributed by atoms with Crippen LogP contribution in [0.2, 0.25) is 0 Å².